The molecule has 0 unspecified atom stereocenters. The minimum Gasteiger partial charge on any atom is -0.398 e. The van der Waals surface area contributed by atoms with Gasteiger partial charge in [0.15, 0.2) is 0 Å². The predicted molar refractivity (Wildman–Crippen MR) is 81.7 cm³/mol. The van der Waals surface area contributed by atoms with Gasteiger partial charge in [-0.15, -0.1) is 0 Å². The lowest BCUT2D eigenvalue weighted by Crippen LogP contribution is -2.43. The number of nitrogens with two attached hydrogens (primary N) is 1. The monoisotopic (exact) mass is 324 g/mol. The van der Waals surface area contributed by atoms with Gasteiger partial charge in [-0.05, 0) is 44.4 Å². The summed E-state index contributed by atoms with van der Waals surface area (Å²) in [6.07, 6.45) is 4.35. The lowest BCUT2D eigenvalue weighted by Gasteiger charge is -2.29. The Bertz CT molecular complexity index is 479. The van der Waals surface area contributed by atoms with Crippen molar-refractivity contribution in [3.05, 3.63) is 28.2 Å². The number of hydrogen-bond acceptors (Lipinski definition) is 2. The van der Waals surface area contributed by atoms with E-state index in [-0.39, 0.29) is 11.8 Å². The van der Waals surface area contributed by atoms with E-state index in [9.17, 15) is 4.79 Å². The summed E-state index contributed by atoms with van der Waals surface area (Å²) < 4.78 is 0.951. The van der Waals surface area contributed by atoms with Crippen molar-refractivity contribution in [2.75, 3.05) is 5.73 Å². The number of anilines is 1. The van der Waals surface area contributed by atoms with Gasteiger partial charge in [0.05, 0.1) is 5.54 Å². The fourth-order valence-corrected chi connectivity index (χ4v) is 3.15. The Morgan fingerprint density at radius 2 is 2.00 bits per heavy atom. The molecule has 4 heteroatoms. The Labute approximate surface area is 123 Å². The zero-order valence-electron chi connectivity index (χ0n) is 11.5. The molecule has 19 heavy (non-hydrogen) atoms. The number of carbonyl (C=O) groups excluding carboxylic acids is 1. The Morgan fingerprint density at radius 1 is 1.37 bits per heavy atom. The average Bonchev–Trinajstić information content (AvgIpc) is 2.80. The van der Waals surface area contributed by atoms with Crippen LogP contribution in [0, 0.1) is 5.92 Å². The number of rotatable bonds is 3. The molecule has 1 fully saturated rings. The third kappa shape index (κ3) is 3.30. The molecule has 3 nitrogen and oxygen atoms in total. The first-order valence-electron chi connectivity index (χ1n) is 6.77. The van der Waals surface area contributed by atoms with Crippen LogP contribution in [-0.4, -0.2) is 5.91 Å². The van der Waals surface area contributed by atoms with Crippen molar-refractivity contribution in [1.29, 1.82) is 0 Å². The topological polar surface area (TPSA) is 55.1 Å². The number of hydrogen-bond donors (Lipinski definition) is 2. The number of halogens is 1. The first-order valence-corrected chi connectivity index (χ1v) is 7.57. The highest BCUT2D eigenvalue weighted by Crippen LogP contribution is 2.30. The number of nitrogen functional groups attached to an aromatic ring is 1. The number of nitrogens with one attached hydrogen (secondary N) is 1. The molecular weight excluding hydrogens is 304 g/mol. The first kappa shape index (κ1) is 14.4. The second-order valence-electron chi connectivity index (χ2n) is 5.83. The minimum absolute atomic E-state index is 0.157. The quantitative estimate of drug-likeness (QED) is 0.835. The molecule has 1 aromatic carbocycles. The molecule has 104 valence electrons. The molecule has 1 aliphatic carbocycles. The van der Waals surface area contributed by atoms with Crippen LogP contribution in [-0.2, 0) is 10.3 Å². The Balaban J connectivity index is 2.14. The summed E-state index contributed by atoms with van der Waals surface area (Å²) in [5.74, 6) is 0.334. The van der Waals surface area contributed by atoms with E-state index in [0.29, 0.717) is 5.69 Å². The van der Waals surface area contributed by atoms with E-state index in [2.05, 4.69) is 21.2 Å². The molecule has 1 amide bonds. The summed E-state index contributed by atoms with van der Waals surface area (Å²) >= 11 is 3.40. The van der Waals surface area contributed by atoms with Gasteiger partial charge in [-0.25, -0.2) is 0 Å². The molecule has 0 saturated heterocycles. The first-order chi connectivity index (χ1) is 8.90. The van der Waals surface area contributed by atoms with Crippen LogP contribution < -0.4 is 11.1 Å². The Morgan fingerprint density at radius 3 is 2.58 bits per heavy atom. The van der Waals surface area contributed by atoms with Crippen molar-refractivity contribution < 1.29 is 4.79 Å². The van der Waals surface area contributed by atoms with Crippen LogP contribution in [0.25, 0.3) is 0 Å². The van der Waals surface area contributed by atoms with Gasteiger partial charge in [0, 0.05) is 16.1 Å². The molecule has 0 aromatic heterocycles. The maximum atomic E-state index is 12.3. The largest absolute Gasteiger partial charge is 0.398 e. The van der Waals surface area contributed by atoms with E-state index >= 15 is 0 Å². The maximum Gasteiger partial charge on any atom is 0.223 e. The summed E-state index contributed by atoms with van der Waals surface area (Å²) in [4.78, 5) is 12.3. The second-order valence-corrected chi connectivity index (χ2v) is 6.74. The lowest BCUT2D eigenvalue weighted by atomic mass is 9.91. The molecule has 0 spiro atoms. The normalized spacial score (nSPS) is 16.6. The number of amides is 1. The highest BCUT2D eigenvalue weighted by Gasteiger charge is 2.30. The molecule has 0 aliphatic heterocycles. The molecule has 0 radical (unpaired) electrons. The fourth-order valence-electron chi connectivity index (χ4n) is 2.77. The SMILES string of the molecule is CC(C)(NC(=O)C1CCCC1)c1ccc(Br)cc1N. The maximum absolute atomic E-state index is 12.3. The standard InChI is InChI=1S/C15H21BrN2O/c1-15(2,12-8-7-11(16)9-13(12)17)18-14(19)10-5-3-4-6-10/h7-10H,3-6,17H2,1-2H3,(H,18,19). The van der Waals surface area contributed by atoms with Crippen molar-refractivity contribution in [1.82, 2.24) is 5.32 Å². The number of benzene rings is 1. The van der Waals surface area contributed by atoms with Gasteiger partial charge in [-0.3, -0.25) is 4.79 Å². The zero-order valence-corrected chi connectivity index (χ0v) is 13.1. The van der Waals surface area contributed by atoms with Gasteiger partial charge < -0.3 is 11.1 Å². The summed E-state index contributed by atoms with van der Waals surface area (Å²) in [5.41, 5.74) is 7.28. The molecule has 1 aliphatic rings. The fraction of sp³-hybridized carbons (Fsp3) is 0.533. The van der Waals surface area contributed by atoms with Crippen LogP contribution in [0.15, 0.2) is 22.7 Å². The highest BCUT2D eigenvalue weighted by atomic mass is 79.9. The Hall–Kier alpha value is -1.03. The predicted octanol–water partition coefficient (Wildman–Crippen LogP) is 3.57. The molecule has 2 rings (SSSR count). The average molecular weight is 325 g/mol. The van der Waals surface area contributed by atoms with Crippen molar-refractivity contribution in [2.45, 2.75) is 45.1 Å². The van der Waals surface area contributed by atoms with Crippen LogP contribution in [0.5, 0.6) is 0 Å². The second kappa shape index (κ2) is 5.53. The molecule has 3 N–H and O–H groups in total. The zero-order chi connectivity index (χ0) is 14.0. The van der Waals surface area contributed by atoms with Gasteiger partial charge in [0.2, 0.25) is 5.91 Å². The summed E-state index contributed by atoms with van der Waals surface area (Å²) in [7, 11) is 0. The van der Waals surface area contributed by atoms with Crippen molar-refractivity contribution in [3.63, 3.8) is 0 Å². The van der Waals surface area contributed by atoms with Crippen LogP contribution in [0.3, 0.4) is 0 Å². The lowest BCUT2D eigenvalue weighted by molar-refractivity contribution is -0.126. The molecule has 1 aromatic rings. The summed E-state index contributed by atoms with van der Waals surface area (Å²) in [5, 5.41) is 3.14. The van der Waals surface area contributed by atoms with Crippen molar-refractivity contribution in [3.8, 4) is 0 Å². The minimum atomic E-state index is -0.440. The van der Waals surface area contributed by atoms with E-state index in [1.54, 1.807) is 0 Å². The smallest absolute Gasteiger partial charge is 0.223 e. The Kier molecular flexibility index (Phi) is 4.19. The highest BCUT2D eigenvalue weighted by molar-refractivity contribution is 9.10. The van der Waals surface area contributed by atoms with Gasteiger partial charge in [0.1, 0.15) is 0 Å². The van der Waals surface area contributed by atoms with Crippen LogP contribution in [0.4, 0.5) is 5.69 Å². The van der Waals surface area contributed by atoms with Crippen molar-refractivity contribution >= 4 is 27.5 Å². The van der Waals surface area contributed by atoms with Gasteiger partial charge >= 0.3 is 0 Å². The summed E-state index contributed by atoms with van der Waals surface area (Å²) in [6.45, 7) is 4.00. The molecule has 0 bridgehead atoms. The third-order valence-corrected chi connectivity index (χ3v) is 4.34. The third-order valence-electron chi connectivity index (χ3n) is 3.85. The molecule has 0 atom stereocenters. The van der Waals surface area contributed by atoms with E-state index in [1.165, 1.54) is 12.8 Å². The van der Waals surface area contributed by atoms with Gasteiger partial charge in [-0.2, -0.15) is 0 Å². The van der Waals surface area contributed by atoms with E-state index in [0.717, 1.165) is 22.9 Å². The summed E-state index contributed by atoms with van der Waals surface area (Å²) in [6, 6.07) is 5.79. The molecular formula is C15H21BrN2O. The molecule has 1 saturated carbocycles. The van der Waals surface area contributed by atoms with Crippen molar-refractivity contribution in [2.24, 2.45) is 5.92 Å². The van der Waals surface area contributed by atoms with Crippen LogP contribution in [0.1, 0.15) is 45.1 Å². The van der Waals surface area contributed by atoms with E-state index in [1.807, 2.05) is 32.0 Å². The van der Waals surface area contributed by atoms with Crippen LogP contribution >= 0.6 is 15.9 Å². The van der Waals surface area contributed by atoms with Crippen LogP contribution in [0.2, 0.25) is 0 Å². The van der Waals surface area contributed by atoms with E-state index < -0.39 is 5.54 Å². The van der Waals surface area contributed by atoms with E-state index in [4.69, 9.17) is 5.73 Å². The molecule has 0 heterocycles. The number of carbonyl (C=O) groups is 1. The van der Waals surface area contributed by atoms with Gasteiger partial charge in [-0.1, -0.05) is 34.8 Å². The van der Waals surface area contributed by atoms with Gasteiger partial charge in [0.25, 0.3) is 0 Å².